The molecule has 0 saturated heterocycles. The zero-order valence-corrected chi connectivity index (χ0v) is 11.0. The smallest absolute Gasteiger partial charge is 1.00 e. The van der Waals surface area contributed by atoms with Crippen molar-refractivity contribution in [2.24, 2.45) is 0 Å². The maximum Gasteiger partial charge on any atom is -1.00 e. The standard InChI is InChI=1S/C5H5.C2H7Si.2ClH.Ti/c1-2-4-5-3-1;1-3-2;;;/h1-3H,4H2;3H,1-2H3;2*1H;/q;;;;+2/p-2. The summed E-state index contributed by atoms with van der Waals surface area (Å²) < 4.78 is 1.77. The molecule has 0 atom stereocenters. The van der Waals surface area contributed by atoms with Crippen LogP contribution in [0.15, 0.2) is 22.1 Å². The second-order valence-electron chi connectivity index (χ2n) is 2.62. The topological polar surface area (TPSA) is 0 Å². The van der Waals surface area contributed by atoms with Crippen molar-refractivity contribution in [3.8, 4) is 0 Å². The molecular formula is C7H12Cl2SiTi. The predicted octanol–water partition coefficient (Wildman–Crippen LogP) is -4.10. The number of rotatable bonds is 2. The molecule has 0 nitrogen and oxygen atoms in total. The Hall–Kier alpha value is 0.991. The van der Waals surface area contributed by atoms with Crippen molar-refractivity contribution in [2.45, 2.75) is 19.5 Å². The molecule has 0 aromatic heterocycles. The summed E-state index contributed by atoms with van der Waals surface area (Å²) in [4.78, 5) is 0. The SMILES string of the molecule is C[SiH](C)[Ti+2][C]1=CC=CC1.[Cl-].[Cl-]. The van der Waals surface area contributed by atoms with Gasteiger partial charge in [-0.25, -0.2) is 0 Å². The van der Waals surface area contributed by atoms with Gasteiger partial charge >= 0.3 is 66.7 Å². The molecule has 0 aromatic carbocycles. The Labute approximate surface area is 91.1 Å². The summed E-state index contributed by atoms with van der Waals surface area (Å²) in [5.41, 5.74) is 0. The summed E-state index contributed by atoms with van der Waals surface area (Å²) in [6, 6.07) is 0. The van der Waals surface area contributed by atoms with E-state index < -0.39 is 0 Å². The maximum atomic E-state index is 2.46. The summed E-state index contributed by atoms with van der Waals surface area (Å²) in [6.07, 6.45) is 8.09. The van der Waals surface area contributed by atoms with Crippen molar-refractivity contribution < 1.29 is 43.2 Å². The van der Waals surface area contributed by atoms with Gasteiger partial charge in [-0.05, 0) is 0 Å². The van der Waals surface area contributed by atoms with Gasteiger partial charge in [-0.15, -0.1) is 0 Å². The van der Waals surface area contributed by atoms with Gasteiger partial charge in [0.05, 0.1) is 0 Å². The Morgan fingerprint density at radius 1 is 1.36 bits per heavy atom. The summed E-state index contributed by atoms with van der Waals surface area (Å²) >= 11 is 0.375. The quantitative estimate of drug-likeness (QED) is 0.432. The van der Waals surface area contributed by atoms with Crippen molar-refractivity contribution in [1.82, 2.24) is 0 Å². The Morgan fingerprint density at radius 2 is 2.00 bits per heavy atom. The molecule has 0 fully saturated rings. The number of allylic oxidation sites excluding steroid dienone is 4. The molecule has 0 spiro atoms. The van der Waals surface area contributed by atoms with Crippen LogP contribution >= 0.6 is 0 Å². The summed E-state index contributed by atoms with van der Waals surface area (Å²) in [5.74, 6) is 0. The van der Waals surface area contributed by atoms with Crippen molar-refractivity contribution in [1.29, 1.82) is 0 Å². The van der Waals surface area contributed by atoms with Crippen LogP contribution in [0.25, 0.3) is 0 Å². The molecule has 0 amide bonds. The molecular weight excluding hydrogens is 231 g/mol. The van der Waals surface area contributed by atoms with Crippen LogP contribution in [0.2, 0.25) is 13.1 Å². The van der Waals surface area contributed by atoms with Gasteiger partial charge in [0.2, 0.25) is 0 Å². The van der Waals surface area contributed by atoms with Gasteiger partial charge in [-0.1, -0.05) is 0 Å². The third-order valence-corrected chi connectivity index (χ3v) is 7.21. The van der Waals surface area contributed by atoms with E-state index in [0.29, 0.717) is 18.4 Å². The van der Waals surface area contributed by atoms with Gasteiger partial charge < -0.3 is 24.8 Å². The van der Waals surface area contributed by atoms with E-state index in [9.17, 15) is 0 Å². The Morgan fingerprint density at radius 3 is 2.36 bits per heavy atom. The first-order valence-corrected chi connectivity index (χ1v) is 9.78. The predicted molar refractivity (Wildman–Crippen MR) is 40.7 cm³/mol. The van der Waals surface area contributed by atoms with Gasteiger partial charge in [0.25, 0.3) is 0 Å². The van der Waals surface area contributed by atoms with E-state index >= 15 is 0 Å². The van der Waals surface area contributed by atoms with Gasteiger partial charge in [-0.2, -0.15) is 0 Å². The zero-order chi connectivity index (χ0) is 6.69. The number of hydrogen-bond acceptors (Lipinski definition) is 0. The molecule has 0 heterocycles. The minimum atomic E-state index is -0.207. The van der Waals surface area contributed by atoms with E-state index in [-0.39, 0.29) is 31.5 Å². The fourth-order valence-electron chi connectivity index (χ4n) is 0.925. The third kappa shape index (κ3) is 6.18. The van der Waals surface area contributed by atoms with Gasteiger partial charge in [0, 0.05) is 0 Å². The first-order chi connectivity index (χ1) is 4.29. The van der Waals surface area contributed by atoms with Crippen molar-refractivity contribution in [2.75, 3.05) is 0 Å². The van der Waals surface area contributed by atoms with E-state index in [4.69, 9.17) is 0 Å². The number of hydrogen-bond donors (Lipinski definition) is 0. The Balaban J connectivity index is 0. The van der Waals surface area contributed by atoms with Crippen LogP contribution in [-0.4, -0.2) is 6.66 Å². The molecule has 0 saturated carbocycles. The van der Waals surface area contributed by atoms with Crippen LogP contribution in [0.1, 0.15) is 6.42 Å². The van der Waals surface area contributed by atoms with Gasteiger partial charge in [0.1, 0.15) is 0 Å². The van der Waals surface area contributed by atoms with Crippen LogP contribution < -0.4 is 24.8 Å². The average Bonchev–Trinajstić information content (AvgIpc) is 2.15. The second-order valence-corrected chi connectivity index (χ2v) is 13.0. The van der Waals surface area contributed by atoms with Gasteiger partial charge in [0.15, 0.2) is 0 Å². The summed E-state index contributed by atoms with van der Waals surface area (Å²) in [6.45, 7) is 4.71. The Kier molecular flexibility index (Phi) is 10.1. The summed E-state index contributed by atoms with van der Waals surface area (Å²) in [7, 11) is 0. The molecule has 1 aliphatic rings. The van der Waals surface area contributed by atoms with Crippen molar-refractivity contribution in [3.63, 3.8) is 0 Å². The fourth-order valence-corrected chi connectivity index (χ4v) is 6.69. The summed E-state index contributed by atoms with van der Waals surface area (Å²) in [5, 5.41) is 0. The molecule has 0 bridgehead atoms. The van der Waals surface area contributed by atoms with E-state index in [2.05, 4.69) is 31.3 Å². The second kappa shape index (κ2) is 7.63. The molecule has 0 aliphatic heterocycles. The van der Waals surface area contributed by atoms with Crippen molar-refractivity contribution >= 4 is 6.66 Å². The minimum Gasteiger partial charge on any atom is -1.00 e. The largest absolute Gasteiger partial charge is 1.00 e. The van der Waals surface area contributed by atoms with Crippen LogP contribution in [0.4, 0.5) is 0 Å². The molecule has 4 heteroatoms. The van der Waals surface area contributed by atoms with Crippen molar-refractivity contribution in [3.05, 3.63) is 22.1 Å². The molecule has 1 aliphatic carbocycles. The normalized spacial score (nSPS) is 13.2. The van der Waals surface area contributed by atoms with Crippen LogP contribution in [-0.2, 0) is 18.4 Å². The minimum absolute atomic E-state index is 0. The monoisotopic (exact) mass is 242 g/mol. The zero-order valence-electron chi connectivity index (χ0n) is 6.77. The van der Waals surface area contributed by atoms with Gasteiger partial charge in [-0.3, -0.25) is 0 Å². The van der Waals surface area contributed by atoms with Crippen LogP contribution in [0.5, 0.6) is 0 Å². The first kappa shape index (κ1) is 14.5. The molecule has 0 N–H and O–H groups in total. The molecule has 0 radical (unpaired) electrons. The average molecular weight is 243 g/mol. The van der Waals surface area contributed by atoms with E-state index in [1.807, 2.05) is 0 Å². The Bertz CT molecular complexity index is 155. The van der Waals surface area contributed by atoms with E-state index in [0.717, 1.165) is 0 Å². The molecule has 0 aromatic rings. The molecule has 1 rings (SSSR count). The molecule has 0 unspecified atom stereocenters. The molecule has 62 valence electrons. The van der Waals surface area contributed by atoms with Crippen LogP contribution in [0.3, 0.4) is 0 Å². The van der Waals surface area contributed by atoms with E-state index in [1.54, 1.807) is 3.88 Å². The first-order valence-electron chi connectivity index (χ1n) is 3.41. The third-order valence-electron chi connectivity index (χ3n) is 1.25. The van der Waals surface area contributed by atoms with Crippen LogP contribution in [0, 0.1) is 0 Å². The fraction of sp³-hybridized carbons (Fsp3) is 0.429. The number of halogens is 2. The maximum absolute atomic E-state index is 2.46. The van der Waals surface area contributed by atoms with E-state index in [1.165, 1.54) is 6.42 Å². The molecule has 11 heavy (non-hydrogen) atoms.